The van der Waals surface area contributed by atoms with E-state index in [2.05, 4.69) is 15.7 Å². The first kappa shape index (κ1) is 12.4. The van der Waals surface area contributed by atoms with Crippen molar-refractivity contribution in [1.82, 2.24) is 15.2 Å². The Kier molecular flexibility index (Phi) is 4.68. The summed E-state index contributed by atoms with van der Waals surface area (Å²) in [6.07, 6.45) is 1.51. The highest BCUT2D eigenvalue weighted by molar-refractivity contribution is 5.92. The largest absolute Gasteiger partial charge is 0.349 e. The molecule has 0 atom stereocenters. The van der Waals surface area contributed by atoms with Crippen molar-refractivity contribution >= 4 is 11.6 Å². The van der Waals surface area contributed by atoms with Gasteiger partial charge in [0.05, 0.1) is 11.9 Å². The summed E-state index contributed by atoms with van der Waals surface area (Å²) >= 11 is 0. The molecule has 0 saturated carbocycles. The number of hydrazine groups is 1. The van der Waals surface area contributed by atoms with Crippen LogP contribution in [-0.4, -0.2) is 43.0 Å². The smallest absolute Gasteiger partial charge is 0.269 e. The molecule has 4 N–H and O–H groups in total. The predicted molar refractivity (Wildman–Crippen MR) is 62.9 cm³/mol. The second-order valence-corrected chi connectivity index (χ2v) is 3.64. The van der Waals surface area contributed by atoms with Crippen LogP contribution in [0.1, 0.15) is 10.5 Å². The van der Waals surface area contributed by atoms with Gasteiger partial charge >= 0.3 is 0 Å². The third-order valence-corrected chi connectivity index (χ3v) is 2.01. The van der Waals surface area contributed by atoms with Crippen LogP contribution in [0.15, 0.2) is 18.3 Å². The highest BCUT2D eigenvalue weighted by atomic mass is 16.1. The number of carbonyl (C=O) groups excluding carboxylic acids is 1. The number of hydrogen-bond acceptors (Lipinski definition) is 5. The van der Waals surface area contributed by atoms with Crippen molar-refractivity contribution in [2.24, 2.45) is 5.84 Å². The molecule has 0 saturated heterocycles. The first-order valence-electron chi connectivity index (χ1n) is 4.99. The molecule has 0 aliphatic rings. The van der Waals surface area contributed by atoms with Gasteiger partial charge in [0.15, 0.2) is 0 Å². The van der Waals surface area contributed by atoms with Crippen LogP contribution in [0.2, 0.25) is 0 Å². The number of anilines is 1. The summed E-state index contributed by atoms with van der Waals surface area (Å²) in [5, 5.41) is 2.77. The Morgan fingerprint density at radius 3 is 2.75 bits per heavy atom. The summed E-state index contributed by atoms with van der Waals surface area (Å²) < 4.78 is 0. The number of rotatable bonds is 5. The molecule has 0 unspecified atom stereocenters. The van der Waals surface area contributed by atoms with Gasteiger partial charge in [0, 0.05) is 13.1 Å². The van der Waals surface area contributed by atoms with E-state index in [1.165, 1.54) is 6.20 Å². The van der Waals surface area contributed by atoms with Gasteiger partial charge < -0.3 is 15.6 Å². The molecular formula is C10H17N5O. The fourth-order valence-corrected chi connectivity index (χ4v) is 1.10. The summed E-state index contributed by atoms with van der Waals surface area (Å²) in [6, 6.07) is 3.33. The summed E-state index contributed by atoms with van der Waals surface area (Å²) in [4.78, 5) is 17.6. The molecule has 6 nitrogen and oxygen atoms in total. The molecule has 0 aromatic carbocycles. The van der Waals surface area contributed by atoms with Gasteiger partial charge in [-0.1, -0.05) is 0 Å². The molecule has 0 bridgehead atoms. The van der Waals surface area contributed by atoms with Gasteiger partial charge in [0.2, 0.25) is 0 Å². The fraction of sp³-hybridized carbons (Fsp3) is 0.400. The number of likely N-dealkylation sites (N-methyl/N-ethyl adjacent to an activating group) is 1. The molecule has 1 aromatic heterocycles. The van der Waals surface area contributed by atoms with Crippen molar-refractivity contribution in [3.05, 3.63) is 24.0 Å². The van der Waals surface area contributed by atoms with Gasteiger partial charge in [-0.2, -0.15) is 0 Å². The molecule has 1 heterocycles. The minimum atomic E-state index is -0.176. The number of nitrogen functional groups attached to an aromatic ring is 1. The molecule has 16 heavy (non-hydrogen) atoms. The average molecular weight is 223 g/mol. The monoisotopic (exact) mass is 223 g/mol. The van der Waals surface area contributed by atoms with Gasteiger partial charge in [-0.25, -0.2) is 4.98 Å². The second kappa shape index (κ2) is 6.04. The van der Waals surface area contributed by atoms with E-state index < -0.39 is 0 Å². The number of carbonyl (C=O) groups is 1. The number of nitrogens with two attached hydrogens (primary N) is 1. The van der Waals surface area contributed by atoms with Crippen LogP contribution in [0.5, 0.6) is 0 Å². The van der Waals surface area contributed by atoms with Crippen molar-refractivity contribution in [1.29, 1.82) is 0 Å². The van der Waals surface area contributed by atoms with Crippen molar-refractivity contribution in [2.75, 3.05) is 32.6 Å². The lowest BCUT2D eigenvalue weighted by molar-refractivity contribution is 0.0946. The Bertz CT molecular complexity index is 336. The van der Waals surface area contributed by atoms with Crippen LogP contribution >= 0.6 is 0 Å². The lowest BCUT2D eigenvalue weighted by Gasteiger charge is -2.10. The Morgan fingerprint density at radius 1 is 1.50 bits per heavy atom. The van der Waals surface area contributed by atoms with Crippen LogP contribution < -0.4 is 16.6 Å². The van der Waals surface area contributed by atoms with Gasteiger partial charge in [-0.3, -0.25) is 10.6 Å². The van der Waals surface area contributed by atoms with Crippen molar-refractivity contribution in [3.8, 4) is 0 Å². The van der Waals surface area contributed by atoms with E-state index in [-0.39, 0.29) is 5.91 Å². The molecule has 0 fully saturated rings. The van der Waals surface area contributed by atoms with E-state index in [4.69, 9.17) is 5.84 Å². The zero-order chi connectivity index (χ0) is 12.0. The fourth-order valence-electron chi connectivity index (χ4n) is 1.10. The zero-order valence-electron chi connectivity index (χ0n) is 9.53. The molecule has 0 aliphatic heterocycles. The molecular weight excluding hydrogens is 206 g/mol. The maximum Gasteiger partial charge on any atom is 0.269 e. The molecule has 1 rings (SSSR count). The van der Waals surface area contributed by atoms with E-state index in [1.54, 1.807) is 12.1 Å². The Morgan fingerprint density at radius 2 is 2.25 bits per heavy atom. The summed E-state index contributed by atoms with van der Waals surface area (Å²) in [6.45, 7) is 1.40. The highest BCUT2D eigenvalue weighted by Gasteiger charge is 2.05. The molecule has 0 spiro atoms. The molecule has 1 aromatic rings. The van der Waals surface area contributed by atoms with Crippen LogP contribution in [0.25, 0.3) is 0 Å². The van der Waals surface area contributed by atoms with Crippen LogP contribution in [0.4, 0.5) is 5.69 Å². The van der Waals surface area contributed by atoms with Crippen molar-refractivity contribution < 1.29 is 4.79 Å². The maximum atomic E-state index is 11.6. The van der Waals surface area contributed by atoms with Crippen molar-refractivity contribution in [3.63, 3.8) is 0 Å². The zero-order valence-corrected chi connectivity index (χ0v) is 9.53. The van der Waals surface area contributed by atoms with E-state index >= 15 is 0 Å². The topological polar surface area (TPSA) is 83.3 Å². The normalized spacial score (nSPS) is 10.2. The summed E-state index contributed by atoms with van der Waals surface area (Å²) in [5.41, 5.74) is 3.51. The van der Waals surface area contributed by atoms with Crippen molar-refractivity contribution in [2.45, 2.75) is 0 Å². The molecule has 1 amide bonds. The van der Waals surface area contributed by atoms with Crippen LogP contribution in [-0.2, 0) is 0 Å². The standard InChI is InChI=1S/C10H17N5O/c1-15(2)6-5-12-10(16)9-4-3-8(14-11)7-13-9/h3-4,7,14H,5-6,11H2,1-2H3,(H,12,16). The maximum absolute atomic E-state index is 11.6. The van der Waals surface area contributed by atoms with Crippen LogP contribution in [0, 0.1) is 0 Å². The first-order valence-corrected chi connectivity index (χ1v) is 4.99. The van der Waals surface area contributed by atoms with Gasteiger partial charge in [0.1, 0.15) is 5.69 Å². The van der Waals surface area contributed by atoms with Crippen LogP contribution in [0.3, 0.4) is 0 Å². The summed E-state index contributed by atoms with van der Waals surface area (Å²) in [5.74, 6) is 5.02. The minimum absolute atomic E-state index is 0.176. The summed E-state index contributed by atoms with van der Waals surface area (Å²) in [7, 11) is 3.90. The number of nitrogens with zero attached hydrogens (tertiary/aromatic N) is 2. The van der Waals surface area contributed by atoms with E-state index in [0.717, 1.165) is 6.54 Å². The lowest BCUT2D eigenvalue weighted by Crippen LogP contribution is -2.31. The predicted octanol–water partition coefficient (Wildman–Crippen LogP) is -0.341. The molecule has 0 aliphatic carbocycles. The highest BCUT2D eigenvalue weighted by Crippen LogP contribution is 2.03. The number of aromatic nitrogens is 1. The number of nitrogens with one attached hydrogen (secondary N) is 2. The van der Waals surface area contributed by atoms with Gasteiger partial charge in [-0.15, -0.1) is 0 Å². The number of amides is 1. The third kappa shape index (κ3) is 3.84. The Hall–Kier alpha value is -1.66. The quantitative estimate of drug-likeness (QED) is 0.470. The average Bonchev–Trinajstić information content (AvgIpc) is 2.28. The molecule has 6 heteroatoms. The van der Waals surface area contributed by atoms with E-state index in [1.807, 2.05) is 19.0 Å². The second-order valence-electron chi connectivity index (χ2n) is 3.64. The number of pyridine rings is 1. The van der Waals surface area contributed by atoms with E-state index in [9.17, 15) is 4.79 Å². The molecule has 0 radical (unpaired) electrons. The Labute approximate surface area is 94.8 Å². The lowest BCUT2D eigenvalue weighted by atomic mass is 10.3. The molecule has 88 valence electrons. The van der Waals surface area contributed by atoms with E-state index in [0.29, 0.717) is 17.9 Å². The SMILES string of the molecule is CN(C)CCNC(=O)c1ccc(NN)cn1. The van der Waals surface area contributed by atoms with Gasteiger partial charge in [0.25, 0.3) is 5.91 Å². The minimum Gasteiger partial charge on any atom is -0.349 e. The Balaban J connectivity index is 2.46. The number of hydrogen-bond donors (Lipinski definition) is 3. The first-order chi connectivity index (χ1) is 7.63. The third-order valence-electron chi connectivity index (χ3n) is 2.01. The van der Waals surface area contributed by atoms with Gasteiger partial charge in [-0.05, 0) is 26.2 Å².